The average Bonchev–Trinajstić information content (AvgIpc) is 3.11. The van der Waals surface area contributed by atoms with Gasteiger partial charge in [0, 0.05) is 44.4 Å². The third kappa shape index (κ3) is 3.82. The van der Waals surface area contributed by atoms with Gasteiger partial charge in [-0.3, -0.25) is 9.80 Å². The molecule has 0 unspecified atom stereocenters. The molecule has 0 radical (unpaired) electrons. The SMILES string of the molecule is C[C@H]1[C@H](N2CCN([C@@H]3O[C@H](CO)[C@@H](O)[C@H](O)[C@H]3O)CC2)O[C@@H]2O[C@]3(C)CC[C@H]4[C@H](C)CC[C@@H]1[C@@]24OO3. The van der Waals surface area contributed by atoms with E-state index in [1.54, 1.807) is 0 Å². The van der Waals surface area contributed by atoms with Crippen LogP contribution in [0, 0.1) is 23.7 Å². The summed E-state index contributed by atoms with van der Waals surface area (Å²) >= 11 is 0. The zero-order valence-corrected chi connectivity index (χ0v) is 21.4. The second kappa shape index (κ2) is 9.34. The van der Waals surface area contributed by atoms with Gasteiger partial charge >= 0.3 is 0 Å². The van der Waals surface area contributed by atoms with Crippen LogP contribution in [0.15, 0.2) is 0 Å². The topological polar surface area (TPSA) is 134 Å². The normalized spacial score (nSPS) is 56.2. The van der Waals surface area contributed by atoms with Crippen molar-refractivity contribution in [1.29, 1.82) is 0 Å². The van der Waals surface area contributed by atoms with Gasteiger partial charge in [0.25, 0.3) is 0 Å². The Labute approximate surface area is 212 Å². The number of aliphatic hydroxyl groups excluding tert-OH is 4. The first-order valence-corrected chi connectivity index (χ1v) is 13.7. The molecule has 1 aliphatic carbocycles. The maximum absolute atomic E-state index is 10.6. The molecule has 36 heavy (non-hydrogen) atoms. The quantitative estimate of drug-likeness (QED) is 0.367. The molecule has 7 aliphatic rings. The number of fused-ring (bicyclic) bond motifs is 2. The first-order chi connectivity index (χ1) is 17.2. The van der Waals surface area contributed by atoms with Crippen molar-refractivity contribution in [2.45, 2.75) is 101 Å². The highest BCUT2D eigenvalue weighted by atomic mass is 17.3. The summed E-state index contributed by atoms with van der Waals surface area (Å²) in [5.74, 6) is 0.519. The maximum atomic E-state index is 10.6. The third-order valence-corrected chi connectivity index (χ3v) is 10.1. The summed E-state index contributed by atoms with van der Waals surface area (Å²) in [6, 6.07) is 0. The molecule has 0 aromatic carbocycles. The largest absolute Gasteiger partial charge is 0.394 e. The molecule has 6 aliphatic heterocycles. The van der Waals surface area contributed by atoms with Crippen molar-refractivity contribution in [2.75, 3.05) is 32.8 Å². The smallest absolute Gasteiger partial charge is 0.201 e. The maximum Gasteiger partial charge on any atom is 0.201 e. The van der Waals surface area contributed by atoms with Gasteiger partial charge in [-0.15, -0.1) is 0 Å². The molecule has 1 saturated carbocycles. The van der Waals surface area contributed by atoms with Crippen molar-refractivity contribution in [1.82, 2.24) is 9.80 Å². The standard InChI is InChI=1S/C25H42N2O9/c1-13-4-5-16-14(2)21(33-23-25(16)15(13)6-7-24(3,34-23)35-36-25)26-8-10-27(11-9-26)22-20(31)19(30)18(29)17(12-28)32-22/h13-23,28-31H,4-12H2,1-3H3/t13-,14-,15+,16+,17-,18-,19+,20-,21-,22-,23-,24+,25-/m1/s1. The minimum Gasteiger partial charge on any atom is -0.394 e. The molecular weight excluding hydrogens is 472 g/mol. The average molecular weight is 515 g/mol. The Bertz CT molecular complexity index is 812. The van der Waals surface area contributed by atoms with Crippen LogP contribution in [0.4, 0.5) is 0 Å². The number of rotatable bonds is 3. The van der Waals surface area contributed by atoms with Crippen LogP contribution in [0.3, 0.4) is 0 Å². The van der Waals surface area contributed by atoms with Crippen LogP contribution in [0.5, 0.6) is 0 Å². The summed E-state index contributed by atoms with van der Waals surface area (Å²) in [5, 5.41) is 40.4. The van der Waals surface area contributed by atoms with Gasteiger partial charge in [-0.2, -0.15) is 0 Å². The van der Waals surface area contributed by atoms with Crippen LogP contribution in [0.1, 0.15) is 46.5 Å². The lowest BCUT2D eigenvalue weighted by atomic mass is 9.58. The lowest BCUT2D eigenvalue weighted by molar-refractivity contribution is -0.574. The van der Waals surface area contributed by atoms with Crippen molar-refractivity contribution < 1.29 is 44.4 Å². The molecule has 7 fully saturated rings. The van der Waals surface area contributed by atoms with Gasteiger partial charge in [-0.1, -0.05) is 13.8 Å². The van der Waals surface area contributed by atoms with Crippen LogP contribution in [0.2, 0.25) is 0 Å². The first-order valence-electron chi connectivity index (χ1n) is 13.7. The van der Waals surface area contributed by atoms with E-state index in [-0.39, 0.29) is 18.1 Å². The highest BCUT2D eigenvalue weighted by Gasteiger charge is 2.69. The van der Waals surface area contributed by atoms with Gasteiger partial charge in [-0.05, 0) is 38.0 Å². The van der Waals surface area contributed by atoms with Gasteiger partial charge in [-0.25, -0.2) is 9.78 Å². The minimum absolute atomic E-state index is 0.136. The summed E-state index contributed by atoms with van der Waals surface area (Å²) in [6.45, 7) is 8.62. The molecule has 11 nitrogen and oxygen atoms in total. The fourth-order valence-corrected chi connectivity index (χ4v) is 7.93. The summed E-state index contributed by atoms with van der Waals surface area (Å²) in [4.78, 5) is 16.5. The Morgan fingerprint density at radius 2 is 1.50 bits per heavy atom. The van der Waals surface area contributed by atoms with Crippen molar-refractivity contribution in [2.24, 2.45) is 23.7 Å². The third-order valence-electron chi connectivity index (χ3n) is 10.1. The number of ether oxygens (including phenoxy) is 3. The molecule has 4 N–H and O–H groups in total. The molecule has 2 bridgehead atoms. The Morgan fingerprint density at radius 1 is 0.806 bits per heavy atom. The van der Waals surface area contributed by atoms with Crippen molar-refractivity contribution in [3.05, 3.63) is 0 Å². The molecule has 6 saturated heterocycles. The fourth-order valence-electron chi connectivity index (χ4n) is 7.93. The van der Waals surface area contributed by atoms with Crippen LogP contribution in [-0.4, -0.2) is 118 Å². The lowest BCUT2D eigenvalue weighted by Gasteiger charge is -2.61. The number of piperazine rings is 1. The second-order valence-electron chi connectivity index (χ2n) is 12.1. The predicted octanol–water partition coefficient (Wildman–Crippen LogP) is -0.388. The molecule has 7 rings (SSSR count). The van der Waals surface area contributed by atoms with E-state index >= 15 is 0 Å². The molecule has 1 spiro atoms. The van der Waals surface area contributed by atoms with Gasteiger partial charge in [0.15, 0.2) is 11.9 Å². The Hall–Kier alpha value is -0.440. The van der Waals surface area contributed by atoms with E-state index in [9.17, 15) is 20.4 Å². The Balaban J connectivity index is 1.17. The highest BCUT2D eigenvalue weighted by molar-refractivity contribution is 5.10. The van der Waals surface area contributed by atoms with Gasteiger partial charge in [0.2, 0.25) is 5.79 Å². The van der Waals surface area contributed by atoms with E-state index < -0.39 is 54.9 Å². The van der Waals surface area contributed by atoms with E-state index in [1.807, 2.05) is 11.8 Å². The zero-order valence-electron chi connectivity index (χ0n) is 21.4. The van der Waals surface area contributed by atoms with E-state index in [2.05, 4.69) is 18.7 Å². The second-order valence-corrected chi connectivity index (χ2v) is 12.1. The Kier molecular flexibility index (Phi) is 6.70. The van der Waals surface area contributed by atoms with Crippen molar-refractivity contribution >= 4 is 0 Å². The van der Waals surface area contributed by atoms with E-state index in [0.717, 1.165) is 25.7 Å². The predicted molar refractivity (Wildman–Crippen MR) is 124 cm³/mol. The molecule has 11 heteroatoms. The summed E-state index contributed by atoms with van der Waals surface area (Å²) in [6.07, 6.45) is -2.30. The van der Waals surface area contributed by atoms with E-state index in [0.29, 0.717) is 38.0 Å². The van der Waals surface area contributed by atoms with Crippen LogP contribution >= 0.6 is 0 Å². The number of nitrogens with zero attached hydrogens (tertiary/aromatic N) is 2. The highest BCUT2D eigenvalue weighted by Crippen LogP contribution is 2.60. The number of aliphatic hydroxyl groups is 4. The summed E-state index contributed by atoms with van der Waals surface area (Å²) < 4.78 is 19.0. The van der Waals surface area contributed by atoms with Crippen LogP contribution in [0.25, 0.3) is 0 Å². The minimum atomic E-state index is -1.37. The molecular formula is C25H42N2O9. The van der Waals surface area contributed by atoms with Gasteiger partial charge in [0.05, 0.1) is 6.61 Å². The fraction of sp³-hybridized carbons (Fsp3) is 1.00. The number of hydrogen-bond donors (Lipinski definition) is 4. The molecule has 6 heterocycles. The lowest BCUT2D eigenvalue weighted by Crippen LogP contribution is -2.73. The van der Waals surface area contributed by atoms with E-state index in [1.165, 1.54) is 0 Å². The van der Waals surface area contributed by atoms with Crippen LogP contribution < -0.4 is 0 Å². The molecule has 13 atom stereocenters. The molecule has 206 valence electrons. The monoisotopic (exact) mass is 514 g/mol. The molecule has 0 aromatic rings. The Morgan fingerprint density at radius 3 is 2.19 bits per heavy atom. The molecule has 0 amide bonds. The summed E-state index contributed by atoms with van der Waals surface area (Å²) in [5.41, 5.74) is -0.582. The van der Waals surface area contributed by atoms with Crippen molar-refractivity contribution in [3.63, 3.8) is 0 Å². The first kappa shape index (κ1) is 25.8. The zero-order chi connectivity index (χ0) is 25.4. The van der Waals surface area contributed by atoms with Gasteiger partial charge in [0.1, 0.15) is 36.9 Å². The van der Waals surface area contributed by atoms with E-state index in [4.69, 9.17) is 24.0 Å². The van der Waals surface area contributed by atoms with Gasteiger partial charge < -0.3 is 34.6 Å². The van der Waals surface area contributed by atoms with Crippen LogP contribution in [-0.2, 0) is 24.0 Å². The summed E-state index contributed by atoms with van der Waals surface area (Å²) in [7, 11) is 0. The van der Waals surface area contributed by atoms with Crippen molar-refractivity contribution in [3.8, 4) is 0 Å². The molecule has 0 aromatic heterocycles. The number of hydrogen-bond acceptors (Lipinski definition) is 11.